The van der Waals surface area contributed by atoms with E-state index >= 15 is 0 Å². The smallest absolute Gasteiger partial charge is 0.0195 e. The Morgan fingerprint density at radius 1 is 0.857 bits per heavy atom. The van der Waals surface area contributed by atoms with Crippen molar-refractivity contribution in [3.05, 3.63) is 0 Å². The molecule has 0 rings (SSSR count). The molecule has 0 aliphatic carbocycles. The van der Waals surface area contributed by atoms with Crippen molar-refractivity contribution in [1.82, 2.24) is 0 Å². The molecule has 2 heteroatoms. The Kier molecular flexibility index (Phi) is 382. The SMILES string of the molecule is CCC.CN.CN. The van der Waals surface area contributed by atoms with Crippen molar-refractivity contribution in [3.8, 4) is 0 Å². The van der Waals surface area contributed by atoms with E-state index in [1.165, 1.54) is 20.5 Å². The van der Waals surface area contributed by atoms with Crippen molar-refractivity contribution in [1.29, 1.82) is 0 Å². The highest BCUT2D eigenvalue weighted by atomic mass is 14.4. The van der Waals surface area contributed by atoms with E-state index in [-0.39, 0.29) is 0 Å². The molecule has 0 radical (unpaired) electrons. The molecule has 0 aromatic carbocycles. The van der Waals surface area contributed by atoms with Crippen molar-refractivity contribution >= 4 is 0 Å². The van der Waals surface area contributed by atoms with Gasteiger partial charge in [0.1, 0.15) is 0 Å². The molecule has 48 valence electrons. The minimum Gasteiger partial charge on any atom is -0.333 e. The van der Waals surface area contributed by atoms with Crippen LogP contribution in [0.25, 0.3) is 0 Å². The first-order valence-electron chi connectivity index (χ1n) is 2.57. The lowest BCUT2D eigenvalue weighted by atomic mass is 10.6. The van der Waals surface area contributed by atoms with E-state index in [2.05, 4.69) is 25.3 Å². The molecule has 4 N–H and O–H groups in total. The highest BCUT2D eigenvalue weighted by molar-refractivity contribution is 3.92. The predicted octanol–water partition coefficient (Wildman–Crippen LogP) is 0.566. The molecule has 0 aromatic rings. The van der Waals surface area contributed by atoms with Crippen LogP contribution in [0.4, 0.5) is 0 Å². The third-order valence-corrected chi connectivity index (χ3v) is 0. The summed E-state index contributed by atoms with van der Waals surface area (Å²) in [4.78, 5) is 0. The first-order valence-corrected chi connectivity index (χ1v) is 2.57. The van der Waals surface area contributed by atoms with Gasteiger partial charge in [0.2, 0.25) is 0 Å². The van der Waals surface area contributed by atoms with Gasteiger partial charge in [0.25, 0.3) is 0 Å². The number of hydrogen-bond donors (Lipinski definition) is 2. The van der Waals surface area contributed by atoms with Crippen LogP contribution in [-0.2, 0) is 0 Å². The van der Waals surface area contributed by atoms with Gasteiger partial charge in [-0.25, -0.2) is 0 Å². The Bertz CT molecular complexity index is 6.04. The molecule has 0 amide bonds. The summed E-state index contributed by atoms with van der Waals surface area (Å²) in [6, 6.07) is 0. The topological polar surface area (TPSA) is 52.0 Å². The number of nitrogens with two attached hydrogens (primary N) is 2. The average Bonchev–Trinajstić information content (AvgIpc) is 1.78. The summed E-state index contributed by atoms with van der Waals surface area (Å²) in [6.07, 6.45) is 1.25. The van der Waals surface area contributed by atoms with Crippen LogP contribution in [0.5, 0.6) is 0 Å². The summed E-state index contributed by atoms with van der Waals surface area (Å²) in [5.41, 5.74) is 9.00. The Morgan fingerprint density at radius 3 is 0.857 bits per heavy atom. The van der Waals surface area contributed by atoms with Gasteiger partial charge in [0.15, 0.2) is 0 Å². The van der Waals surface area contributed by atoms with Crippen molar-refractivity contribution in [2.45, 2.75) is 20.3 Å². The Balaban J connectivity index is -0.0000000360. The van der Waals surface area contributed by atoms with E-state index in [4.69, 9.17) is 0 Å². The van der Waals surface area contributed by atoms with Crippen LogP contribution < -0.4 is 11.5 Å². The fraction of sp³-hybridized carbons (Fsp3) is 1.00. The largest absolute Gasteiger partial charge is 0.333 e. The third kappa shape index (κ3) is 14200. The normalized spacial score (nSPS) is 4.29. The van der Waals surface area contributed by atoms with E-state index in [0.29, 0.717) is 0 Å². The second-order valence-corrected chi connectivity index (χ2v) is 0.707. The van der Waals surface area contributed by atoms with Gasteiger partial charge in [-0.15, -0.1) is 0 Å². The van der Waals surface area contributed by atoms with Gasteiger partial charge < -0.3 is 11.5 Å². The minimum atomic E-state index is 1.25. The van der Waals surface area contributed by atoms with Crippen molar-refractivity contribution in [2.24, 2.45) is 11.5 Å². The van der Waals surface area contributed by atoms with Gasteiger partial charge in [-0.3, -0.25) is 0 Å². The molecule has 2 nitrogen and oxygen atoms in total. The van der Waals surface area contributed by atoms with Crippen molar-refractivity contribution in [2.75, 3.05) is 14.1 Å². The minimum absolute atomic E-state index is 1.25. The van der Waals surface area contributed by atoms with Crippen LogP contribution in [0.2, 0.25) is 0 Å². The molecule has 0 heterocycles. The molecular formula is C5H18N2. The fourth-order valence-corrected chi connectivity index (χ4v) is 0. The molecule has 0 saturated heterocycles. The molecule has 7 heavy (non-hydrogen) atoms. The summed E-state index contributed by atoms with van der Waals surface area (Å²) in [6.45, 7) is 4.25. The first kappa shape index (κ1) is 15.8. The maximum atomic E-state index is 4.50. The van der Waals surface area contributed by atoms with Gasteiger partial charge in [-0.1, -0.05) is 20.3 Å². The second-order valence-electron chi connectivity index (χ2n) is 0.707. The van der Waals surface area contributed by atoms with Gasteiger partial charge in [-0.2, -0.15) is 0 Å². The summed E-state index contributed by atoms with van der Waals surface area (Å²) >= 11 is 0. The quantitative estimate of drug-likeness (QED) is 0.474. The molecule has 0 bridgehead atoms. The Hall–Kier alpha value is -0.0800. The highest BCUT2D eigenvalue weighted by Gasteiger charge is 1.35. The van der Waals surface area contributed by atoms with Gasteiger partial charge in [-0.05, 0) is 14.1 Å². The lowest BCUT2D eigenvalue weighted by Gasteiger charge is -1.48. The van der Waals surface area contributed by atoms with E-state index in [0.717, 1.165) is 0 Å². The summed E-state index contributed by atoms with van der Waals surface area (Å²) in [5, 5.41) is 0. The van der Waals surface area contributed by atoms with E-state index < -0.39 is 0 Å². The molecule has 0 aliphatic heterocycles. The maximum Gasteiger partial charge on any atom is -0.0195 e. The van der Waals surface area contributed by atoms with Crippen molar-refractivity contribution in [3.63, 3.8) is 0 Å². The molecule has 0 unspecified atom stereocenters. The zero-order valence-electron chi connectivity index (χ0n) is 5.86. The van der Waals surface area contributed by atoms with Crippen LogP contribution in [0.3, 0.4) is 0 Å². The van der Waals surface area contributed by atoms with Crippen molar-refractivity contribution < 1.29 is 0 Å². The van der Waals surface area contributed by atoms with Crippen LogP contribution in [0, 0.1) is 0 Å². The molecule has 0 aromatic heterocycles. The van der Waals surface area contributed by atoms with E-state index in [1.807, 2.05) is 0 Å². The standard InChI is InChI=1S/C3H8.2CH5N/c1-3-2;2*1-2/h3H2,1-2H3;2*2H2,1H3. The lowest BCUT2D eigenvalue weighted by Crippen LogP contribution is -1.69. The maximum absolute atomic E-state index is 4.50. The second kappa shape index (κ2) is 169. The molecule has 0 spiro atoms. The molecule has 0 atom stereocenters. The predicted molar refractivity (Wildman–Crippen MR) is 36.2 cm³/mol. The lowest BCUT2D eigenvalue weighted by molar-refractivity contribution is 1.09. The van der Waals surface area contributed by atoms with Gasteiger partial charge in [0, 0.05) is 0 Å². The first-order chi connectivity index (χ1) is 3.41. The molecule has 0 saturated carbocycles. The summed E-state index contributed by atoms with van der Waals surface area (Å²) in [7, 11) is 3.00. The average molecular weight is 106 g/mol. The van der Waals surface area contributed by atoms with Crippen LogP contribution in [-0.4, -0.2) is 14.1 Å². The third-order valence-electron chi connectivity index (χ3n) is 0. The monoisotopic (exact) mass is 106 g/mol. The van der Waals surface area contributed by atoms with Gasteiger partial charge >= 0.3 is 0 Å². The van der Waals surface area contributed by atoms with Crippen LogP contribution >= 0.6 is 0 Å². The molecule has 0 aliphatic rings. The highest BCUT2D eigenvalue weighted by Crippen LogP contribution is 1.56. The zero-order valence-corrected chi connectivity index (χ0v) is 5.86. The molecule has 0 fully saturated rings. The Labute approximate surface area is 46.9 Å². The van der Waals surface area contributed by atoms with E-state index in [9.17, 15) is 0 Å². The van der Waals surface area contributed by atoms with Gasteiger partial charge in [0.05, 0.1) is 0 Å². The van der Waals surface area contributed by atoms with Crippen LogP contribution in [0.1, 0.15) is 20.3 Å². The van der Waals surface area contributed by atoms with E-state index in [1.54, 1.807) is 0 Å². The fourth-order valence-electron chi connectivity index (χ4n) is 0. The Morgan fingerprint density at radius 2 is 0.857 bits per heavy atom. The number of rotatable bonds is 0. The van der Waals surface area contributed by atoms with Crippen LogP contribution in [0.15, 0.2) is 0 Å². The molecular weight excluding hydrogens is 88.1 g/mol. The zero-order chi connectivity index (χ0) is 6.71. The summed E-state index contributed by atoms with van der Waals surface area (Å²) in [5.74, 6) is 0. The summed E-state index contributed by atoms with van der Waals surface area (Å²) < 4.78 is 0. The number of hydrogen-bond acceptors (Lipinski definition) is 2.